The topological polar surface area (TPSA) is 12.5 Å². The molecule has 0 bridgehead atoms. The molecule has 1 rings (SSSR count). The van der Waals surface area contributed by atoms with Crippen LogP contribution in [0.1, 0.15) is 26.7 Å². The molecule has 0 radical (unpaired) electrons. The predicted molar refractivity (Wildman–Crippen MR) is 65.8 cm³/mol. The van der Waals surface area contributed by atoms with Crippen LogP contribution in [-0.4, -0.2) is 20.2 Å². The number of rotatable bonds is 6. The van der Waals surface area contributed by atoms with Gasteiger partial charge in [-0.2, -0.15) is 0 Å². The molecule has 0 amide bonds. The van der Waals surface area contributed by atoms with E-state index in [2.05, 4.69) is 30.9 Å². The summed E-state index contributed by atoms with van der Waals surface area (Å²) in [6.07, 6.45) is 2.49. The molecule has 2 nitrogen and oxygen atoms in total. The van der Waals surface area contributed by atoms with E-state index < -0.39 is 0 Å². The first kappa shape index (κ1) is 11.9. The summed E-state index contributed by atoms with van der Waals surface area (Å²) in [7, 11) is 1.70. The lowest BCUT2D eigenvalue weighted by atomic mass is 10.2. The third-order valence-corrected chi connectivity index (χ3v) is 2.60. The summed E-state index contributed by atoms with van der Waals surface area (Å²) in [5, 5.41) is 0. The highest BCUT2D eigenvalue weighted by Crippen LogP contribution is 2.19. The van der Waals surface area contributed by atoms with Gasteiger partial charge in [-0.05, 0) is 37.6 Å². The van der Waals surface area contributed by atoms with Crippen molar-refractivity contribution in [1.82, 2.24) is 0 Å². The molecule has 0 saturated carbocycles. The summed E-state index contributed by atoms with van der Waals surface area (Å²) in [6.45, 7) is 6.62. The van der Waals surface area contributed by atoms with Gasteiger partial charge in [0.25, 0.3) is 0 Å². The van der Waals surface area contributed by atoms with E-state index in [-0.39, 0.29) is 0 Å². The van der Waals surface area contributed by atoms with Gasteiger partial charge in [0.1, 0.15) is 5.75 Å². The van der Waals surface area contributed by atoms with Gasteiger partial charge in [0, 0.05) is 18.8 Å². The molecule has 1 aromatic carbocycles. The van der Waals surface area contributed by atoms with Crippen molar-refractivity contribution in [3.05, 3.63) is 24.3 Å². The Hall–Kier alpha value is -1.18. The quantitative estimate of drug-likeness (QED) is 0.709. The second-order valence-electron chi connectivity index (χ2n) is 3.63. The number of unbranched alkanes of at least 4 members (excludes halogenated alkanes) is 1. The zero-order valence-electron chi connectivity index (χ0n) is 9.99. The van der Waals surface area contributed by atoms with E-state index in [0.717, 1.165) is 18.8 Å². The van der Waals surface area contributed by atoms with Crippen molar-refractivity contribution >= 4 is 5.69 Å². The van der Waals surface area contributed by atoms with Crippen LogP contribution in [-0.2, 0) is 0 Å². The van der Waals surface area contributed by atoms with Crippen molar-refractivity contribution in [1.29, 1.82) is 0 Å². The largest absolute Gasteiger partial charge is 0.497 e. The third kappa shape index (κ3) is 3.46. The van der Waals surface area contributed by atoms with E-state index in [1.807, 2.05) is 12.1 Å². The van der Waals surface area contributed by atoms with Gasteiger partial charge in [-0.15, -0.1) is 0 Å². The molecule has 0 aromatic heterocycles. The standard InChI is InChI=1S/C13H21NO/c1-4-6-11-14(5-2)12-7-9-13(15-3)10-8-12/h7-10H,4-6,11H2,1-3H3. The van der Waals surface area contributed by atoms with E-state index in [9.17, 15) is 0 Å². The van der Waals surface area contributed by atoms with E-state index in [4.69, 9.17) is 4.74 Å². The van der Waals surface area contributed by atoms with E-state index >= 15 is 0 Å². The molecule has 0 saturated heterocycles. The third-order valence-electron chi connectivity index (χ3n) is 2.60. The first-order valence-electron chi connectivity index (χ1n) is 5.70. The minimum Gasteiger partial charge on any atom is -0.497 e. The lowest BCUT2D eigenvalue weighted by Gasteiger charge is -2.22. The Morgan fingerprint density at radius 3 is 2.27 bits per heavy atom. The highest BCUT2D eigenvalue weighted by Gasteiger charge is 2.02. The van der Waals surface area contributed by atoms with Gasteiger partial charge in [-0.1, -0.05) is 13.3 Å². The van der Waals surface area contributed by atoms with E-state index in [1.165, 1.54) is 18.5 Å². The van der Waals surface area contributed by atoms with Crippen LogP contribution in [0, 0.1) is 0 Å². The SMILES string of the molecule is CCCCN(CC)c1ccc(OC)cc1. The second kappa shape index (κ2) is 6.33. The molecule has 0 N–H and O–H groups in total. The van der Waals surface area contributed by atoms with Crippen LogP contribution in [0.3, 0.4) is 0 Å². The monoisotopic (exact) mass is 207 g/mol. The summed E-state index contributed by atoms with van der Waals surface area (Å²) in [4.78, 5) is 2.39. The summed E-state index contributed by atoms with van der Waals surface area (Å²) >= 11 is 0. The number of hydrogen-bond donors (Lipinski definition) is 0. The molecule has 15 heavy (non-hydrogen) atoms. The van der Waals surface area contributed by atoms with Crippen LogP contribution in [0.15, 0.2) is 24.3 Å². The van der Waals surface area contributed by atoms with Crippen molar-refractivity contribution in [2.24, 2.45) is 0 Å². The van der Waals surface area contributed by atoms with Crippen LogP contribution < -0.4 is 9.64 Å². The van der Waals surface area contributed by atoms with Crippen molar-refractivity contribution in [3.8, 4) is 5.75 Å². The van der Waals surface area contributed by atoms with Crippen molar-refractivity contribution in [2.75, 3.05) is 25.1 Å². The number of methoxy groups -OCH3 is 1. The maximum absolute atomic E-state index is 5.15. The molecule has 0 atom stereocenters. The summed E-state index contributed by atoms with van der Waals surface area (Å²) in [5.41, 5.74) is 1.28. The first-order valence-corrected chi connectivity index (χ1v) is 5.70. The molecule has 84 valence electrons. The molecule has 1 aromatic rings. The fraction of sp³-hybridized carbons (Fsp3) is 0.538. The second-order valence-corrected chi connectivity index (χ2v) is 3.63. The minimum atomic E-state index is 0.922. The van der Waals surface area contributed by atoms with Gasteiger partial charge in [-0.3, -0.25) is 0 Å². The molecular formula is C13H21NO. The number of ether oxygens (including phenoxy) is 1. The molecule has 0 spiro atoms. The lowest BCUT2D eigenvalue weighted by Crippen LogP contribution is -2.23. The Morgan fingerprint density at radius 2 is 1.80 bits per heavy atom. The normalized spacial score (nSPS) is 10.1. The highest BCUT2D eigenvalue weighted by atomic mass is 16.5. The Kier molecular flexibility index (Phi) is 5.02. The molecule has 2 heteroatoms. The molecule has 0 heterocycles. The number of hydrogen-bond acceptors (Lipinski definition) is 2. The predicted octanol–water partition coefficient (Wildman–Crippen LogP) is 3.32. The van der Waals surface area contributed by atoms with Crippen LogP contribution in [0.2, 0.25) is 0 Å². The van der Waals surface area contributed by atoms with Gasteiger partial charge < -0.3 is 9.64 Å². The molecule has 0 fully saturated rings. The number of benzene rings is 1. The first-order chi connectivity index (χ1) is 7.31. The zero-order valence-corrected chi connectivity index (χ0v) is 9.99. The fourth-order valence-corrected chi connectivity index (χ4v) is 1.61. The smallest absolute Gasteiger partial charge is 0.119 e. The summed E-state index contributed by atoms with van der Waals surface area (Å²) in [5.74, 6) is 0.922. The minimum absolute atomic E-state index is 0.922. The molecule has 0 aliphatic carbocycles. The van der Waals surface area contributed by atoms with Gasteiger partial charge in [-0.25, -0.2) is 0 Å². The maximum atomic E-state index is 5.15. The lowest BCUT2D eigenvalue weighted by molar-refractivity contribution is 0.415. The van der Waals surface area contributed by atoms with Gasteiger partial charge >= 0.3 is 0 Å². The van der Waals surface area contributed by atoms with Crippen LogP contribution in [0.5, 0.6) is 5.75 Å². The van der Waals surface area contributed by atoms with Gasteiger partial charge in [0.05, 0.1) is 7.11 Å². The zero-order chi connectivity index (χ0) is 11.1. The summed E-state index contributed by atoms with van der Waals surface area (Å²) < 4.78 is 5.15. The average molecular weight is 207 g/mol. The van der Waals surface area contributed by atoms with Crippen LogP contribution >= 0.6 is 0 Å². The highest BCUT2D eigenvalue weighted by molar-refractivity contribution is 5.48. The molecule has 0 unspecified atom stereocenters. The van der Waals surface area contributed by atoms with Crippen molar-refractivity contribution < 1.29 is 4.74 Å². The average Bonchev–Trinajstić information content (AvgIpc) is 2.31. The summed E-state index contributed by atoms with van der Waals surface area (Å²) in [6, 6.07) is 8.28. The Balaban J connectivity index is 2.65. The number of anilines is 1. The molecule has 0 aliphatic heterocycles. The maximum Gasteiger partial charge on any atom is 0.119 e. The van der Waals surface area contributed by atoms with Crippen molar-refractivity contribution in [3.63, 3.8) is 0 Å². The van der Waals surface area contributed by atoms with E-state index in [0.29, 0.717) is 0 Å². The van der Waals surface area contributed by atoms with Crippen LogP contribution in [0.25, 0.3) is 0 Å². The molecular weight excluding hydrogens is 186 g/mol. The molecule has 0 aliphatic rings. The Labute approximate surface area is 92.9 Å². The van der Waals surface area contributed by atoms with Gasteiger partial charge in [0.2, 0.25) is 0 Å². The van der Waals surface area contributed by atoms with E-state index in [1.54, 1.807) is 7.11 Å². The Morgan fingerprint density at radius 1 is 1.13 bits per heavy atom. The fourth-order valence-electron chi connectivity index (χ4n) is 1.61. The van der Waals surface area contributed by atoms with Gasteiger partial charge in [0.15, 0.2) is 0 Å². The number of nitrogens with zero attached hydrogens (tertiary/aromatic N) is 1. The van der Waals surface area contributed by atoms with Crippen molar-refractivity contribution in [2.45, 2.75) is 26.7 Å². The van der Waals surface area contributed by atoms with Crippen LogP contribution in [0.4, 0.5) is 5.69 Å². The Bertz CT molecular complexity index is 268.